The third-order valence-electron chi connectivity index (χ3n) is 5.57. The summed E-state index contributed by atoms with van der Waals surface area (Å²) in [6.45, 7) is 8.15. The van der Waals surface area contributed by atoms with Crippen molar-refractivity contribution in [1.82, 2.24) is 15.0 Å². The van der Waals surface area contributed by atoms with Crippen molar-refractivity contribution in [2.75, 3.05) is 13.1 Å². The Morgan fingerprint density at radius 2 is 1.96 bits per heavy atom. The molecule has 1 aliphatic heterocycles. The maximum atomic E-state index is 12.9. The van der Waals surface area contributed by atoms with Crippen LogP contribution in [0.5, 0.6) is 0 Å². The molecule has 0 unspecified atom stereocenters. The first-order valence-electron chi connectivity index (χ1n) is 9.66. The van der Waals surface area contributed by atoms with Crippen LogP contribution in [0.4, 0.5) is 0 Å². The molecule has 26 heavy (non-hydrogen) atoms. The smallest absolute Gasteiger partial charge is 0.276 e. The second-order valence-electron chi connectivity index (χ2n) is 8.53. The molecule has 0 atom stereocenters. The van der Waals surface area contributed by atoms with Gasteiger partial charge in [-0.1, -0.05) is 25.9 Å². The number of carbonyl (C=O) groups excluding carboxylic acids is 1. The standard InChI is InChI=1S/C20H27N3O2S/c1-20(2,3)16-12-26-18(21-16)13-8-10-23(11-9-13)19(24)17-14-6-4-5-7-15(14)25-22-17/h12-13H,4-11H2,1-3H3. The topological polar surface area (TPSA) is 59.2 Å². The molecule has 1 fully saturated rings. The molecule has 0 aromatic carbocycles. The van der Waals surface area contributed by atoms with Gasteiger partial charge in [-0.05, 0) is 32.1 Å². The Bertz CT molecular complexity index is 794. The number of thiazole rings is 1. The minimum atomic E-state index is 0.0462. The van der Waals surface area contributed by atoms with Crippen LogP contribution >= 0.6 is 11.3 Å². The predicted molar refractivity (Wildman–Crippen MR) is 102 cm³/mol. The largest absolute Gasteiger partial charge is 0.360 e. The van der Waals surface area contributed by atoms with Crippen molar-refractivity contribution in [1.29, 1.82) is 0 Å². The first-order valence-corrected chi connectivity index (χ1v) is 10.5. The molecule has 1 saturated heterocycles. The van der Waals surface area contributed by atoms with E-state index in [1.54, 1.807) is 11.3 Å². The first kappa shape index (κ1) is 17.7. The van der Waals surface area contributed by atoms with E-state index in [4.69, 9.17) is 9.51 Å². The molecule has 3 heterocycles. The van der Waals surface area contributed by atoms with Gasteiger partial charge in [0.25, 0.3) is 5.91 Å². The molecular formula is C20H27N3O2S. The highest BCUT2D eigenvalue weighted by molar-refractivity contribution is 7.09. The molecule has 0 N–H and O–H groups in total. The zero-order valence-electron chi connectivity index (χ0n) is 15.9. The summed E-state index contributed by atoms with van der Waals surface area (Å²) in [6.07, 6.45) is 6.04. The van der Waals surface area contributed by atoms with E-state index in [9.17, 15) is 4.79 Å². The number of aryl methyl sites for hydroxylation is 1. The van der Waals surface area contributed by atoms with Crippen LogP contribution in [0.3, 0.4) is 0 Å². The summed E-state index contributed by atoms with van der Waals surface area (Å²) in [5.41, 5.74) is 2.88. The maximum Gasteiger partial charge on any atom is 0.276 e. The van der Waals surface area contributed by atoms with Gasteiger partial charge in [-0.25, -0.2) is 4.98 Å². The van der Waals surface area contributed by atoms with E-state index in [1.807, 2.05) is 4.90 Å². The lowest BCUT2D eigenvalue weighted by Gasteiger charge is -2.31. The second kappa shape index (κ2) is 6.80. The molecule has 2 aliphatic rings. The Labute approximate surface area is 158 Å². The predicted octanol–water partition coefficient (Wildman–Crippen LogP) is 4.33. The molecule has 0 bridgehead atoms. The summed E-state index contributed by atoms with van der Waals surface area (Å²) in [6, 6.07) is 0. The Morgan fingerprint density at radius 1 is 1.23 bits per heavy atom. The zero-order chi connectivity index (χ0) is 18.3. The van der Waals surface area contributed by atoms with Gasteiger partial charge in [0.1, 0.15) is 5.76 Å². The molecule has 6 heteroatoms. The second-order valence-corrected chi connectivity index (χ2v) is 9.42. The van der Waals surface area contributed by atoms with Crippen LogP contribution in [0.25, 0.3) is 0 Å². The van der Waals surface area contributed by atoms with Crippen molar-refractivity contribution in [3.8, 4) is 0 Å². The van der Waals surface area contributed by atoms with Crippen molar-refractivity contribution in [3.63, 3.8) is 0 Å². The van der Waals surface area contributed by atoms with Crippen LogP contribution in [-0.4, -0.2) is 34.0 Å². The average Bonchev–Trinajstić information content (AvgIpc) is 3.28. The SMILES string of the molecule is CC(C)(C)c1csc(C2CCN(C(=O)c3noc4c3CCCC4)CC2)n1. The third-order valence-corrected chi connectivity index (χ3v) is 6.58. The summed E-state index contributed by atoms with van der Waals surface area (Å²) in [5.74, 6) is 1.43. The number of rotatable bonds is 2. The Balaban J connectivity index is 1.41. The van der Waals surface area contributed by atoms with E-state index in [0.29, 0.717) is 11.6 Å². The van der Waals surface area contributed by atoms with Gasteiger partial charge in [-0.2, -0.15) is 0 Å². The third kappa shape index (κ3) is 3.31. The van der Waals surface area contributed by atoms with E-state index in [2.05, 4.69) is 31.3 Å². The fourth-order valence-corrected chi connectivity index (χ4v) is 5.07. The molecule has 0 saturated carbocycles. The van der Waals surface area contributed by atoms with Gasteiger partial charge in [0.05, 0.1) is 10.7 Å². The lowest BCUT2D eigenvalue weighted by molar-refractivity contribution is 0.0701. The fourth-order valence-electron chi connectivity index (χ4n) is 3.85. The first-order chi connectivity index (χ1) is 12.4. The van der Waals surface area contributed by atoms with Crippen LogP contribution in [-0.2, 0) is 18.3 Å². The van der Waals surface area contributed by atoms with Gasteiger partial charge in [0, 0.05) is 41.8 Å². The number of carbonyl (C=O) groups is 1. The Kier molecular flexibility index (Phi) is 4.63. The van der Waals surface area contributed by atoms with E-state index < -0.39 is 0 Å². The quantitative estimate of drug-likeness (QED) is 0.786. The van der Waals surface area contributed by atoms with Crippen LogP contribution in [0.15, 0.2) is 9.90 Å². The summed E-state index contributed by atoms with van der Waals surface area (Å²) in [4.78, 5) is 19.7. The monoisotopic (exact) mass is 373 g/mol. The molecular weight excluding hydrogens is 346 g/mol. The summed E-state index contributed by atoms with van der Waals surface area (Å²) < 4.78 is 5.42. The molecule has 2 aromatic heterocycles. The van der Waals surface area contributed by atoms with Crippen molar-refractivity contribution >= 4 is 17.2 Å². The van der Waals surface area contributed by atoms with E-state index in [-0.39, 0.29) is 11.3 Å². The van der Waals surface area contributed by atoms with Gasteiger partial charge in [-0.15, -0.1) is 11.3 Å². The Hall–Kier alpha value is -1.69. The highest BCUT2D eigenvalue weighted by Crippen LogP contribution is 2.34. The molecule has 0 spiro atoms. The van der Waals surface area contributed by atoms with E-state index >= 15 is 0 Å². The van der Waals surface area contributed by atoms with Crippen LogP contribution in [0.1, 0.15) is 84.9 Å². The van der Waals surface area contributed by atoms with Gasteiger partial charge in [0.15, 0.2) is 5.69 Å². The van der Waals surface area contributed by atoms with E-state index in [1.165, 1.54) is 10.7 Å². The number of likely N-dealkylation sites (tertiary alicyclic amines) is 1. The summed E-state index contributed by atoms with van der Waals surface area (Å²) in [5, 5.41) is 7.52. The van der Waals surface area contributed by atoms with E-state index in [0.717, 1.165) is 62.9 Å². The van der Waals surface area contributed by atoms with Crippen molar-refractivity contribution in [2.24, 2.45) is 0 Å². The maximum absolute atomic E-state index is 12.9. The summed E-state index contributed by atoms with van der Waals surface area (Å²) in [7, 11) is 0. The van der Waals surface area contributed by atoms with Crippen molar-refractivity contribution in [2.45, 2.75) is 70.6 Å². The number of hydrogen-bond donors (Lipinski definition) is 0. The highest BCUT2D eigenvalue weighted by atomic mass is 32.1. The lowest BCUT2D eigenvalue weighted by atomic mass is 9.92. The molecule has 4 rings (SSSR count). The molecule has 2 aromatic rings. The molecule has 1 amide bonds. The minimum absolute atomic E-state index is 0.0462. The van der Waals surface area contributed by atoms with Crippen LogP contribution in [0.2, 0.25) is 0 Å². The van der Waals surface area contributed by atoms with Gasteiger partial charge in [0.2, 0.25) is 0 Å². The molecule has 140 valence electrons. The minimum Gasteiger partial charge on any atom is -0.360 e. The van der Waals surface area contributed by atoms with Crippen LogP contribution in [0, 0.1) is 0 Å². The van der Waals surface area contributed by atoms with Crippen molar-refractivity contribution in [3.05, 3.63) is 33.1 Å². The lowest BCUT2D eigenvalue weighted by Crippen LogP contribution is -2.38. The number of hydrogen-bond acceptors (Lipinski definition) is 5. The highest BCUT2D eigenvalue weighted by Gasteiger charge is 2.31. The number of aromatic nitrogens is 2. The average molecular weight is 374 g/mol. The summed E-state index contributed by atoms with van der Waals surface area (Å²) >= 11 is 1.77. The molecule has 1 aliphatic carbocycles. The number of fused-ring (bicyclic) bond motifs is 1. The van der Waals surface area contributed by atoms with Crippen LogP contribution < -0.4 is 0 Å². The number of nitrogens with zero attached hydrogens (tertiary/aromatic N) is 3. The number of piperidine rings is 1. The van der Waals surface area contributed by atoms with Gasteiger partial charge in [-0.3, -0.25) is 4.79 Å². The van der Waals surface area contributed by atoms with Gasteiger partial charge >= 0.3 is 0 Å². The van der Waals surface area contributed by atoms with Crippen molar-refractivity contribution < 1.29 is 9.32 Å². The number of amides is 1. The fraction of sp³-hybridized carbons (Fsp3) is 0.650. The normalized spacial score (nSPS) is 18.8. The van der Waals surface area contributed by atoms with Gasteiger partial charge < -0.3 is 9.42 Å². The zero-order valence-corrected chi connectivity index (χ0v) is 16.7. The Morgan fingerprint density at radius 3 is 2.65 bits per heavy atom. The molecule has 5 nitrogen and oxygen atoms in total. The molecule has 0 radical (unpaired) electrons.